The number of amides is 1. The van der Waals surface area contributed by atoms with Crippen molar-refractivity contribution >= 4 is 11.7 Å². The maximum Gasteiger partial charge on any atom is 0.259 e. The molecule has 1 amide bonds. The zero-order chi connectivity index (χ0) is 18.0. The van der Waals surface area contributed by atoms with Crippen molar-refractivity contribution in [3.8, 4) is 0 Å². The second-order valence-electron chi connectivity index (χ2n) is 6.94. The van der Waals surface area contributed by atoms with E-state index in [2.05, 4.69) is 38.0 Å². The van der Waals surface area contributed by atoms with E-state index in [9.17, 15) is 4.79 Å². The van der Waals surface area contributed by atoms with Crippen LogP contribution in [0.4, 0.5) is 5.82 Å². The van der Waals surface area contributed by atoms with Crippen molar-refractivity contribution in [2.75, 3.05) is 12.8 Å². The minimum atomic E-state index is -0.0960. The Bertz CT molecular complexity index is 718. The lowest BCUT2D eigenvalue weighted by molar-refractivity contribution is 0.0687. The van der Waals surface area contributed by atoms with Crippen LogP contribution in [0, 0.1) is 12.8 Å². The average molecular weight is 328 g/mol. The lowest BCUT2D eigenvalue weighted by atomic mass is 9.91. The van der Waals surface area contributed by atoms with Gasteiger partial charge in [-0.1, -0.05) is 38.1 Å². The Hall–Kier alpha value is -2.30. The first kappa shape index (κ1) is 18.0. The minimum absolute atomic E-state index is 0.0134. The molecule has 1 aromatic carbocycles. The number of nitrogen functional groups attached to an aromatic ring is 1. The highest BCUT2D eigenvalue weighted by Gasteiger charge is 2.29. The molecule has 24 heavy (non-hydrogen) atoms. The highest BCUT2D eigenvalue weighted by atomic mass is 16.2. The van der Waals surface area contributed by atoms with E-state index in [1.165, 1.54) is 5.56 Å². The predicted molar refractivity (Wildman–Crippen MR) is 97.9 cm³/mol. The Kier molecular flexibility index (Phi) is 5.32. The Balaban J connectivity index is 2.39. The van der Waals surface area contributed by atoms with E-state index in [0.717, 1.165) is 5.56 Å². The van der Waals surface area contributed by atoms with E-state index in [-0.39, 0.29) is 23.9 Å². The fourth-order valence-corrected chi connectivity index (χ4v) is 3.20. The largest absolute Gasteiger partial charge is 0.383 e. The first-order chi connectivity index (χ1) is 11.3. The molecule has 0 aliphatic carbocycles. The van der Waals surface area contributed by atoms with Gasteiger partial charge in [0.1, 0.15) is 11.4 Å². The number of benzene rings is 1. The van der Waals surface area contributed by atoms with Crippen LogP contribution in [0.3, 0.4) is 0 Å². The van der Waals surface area contributed by atoms with Gasteiger partial charge in [-0.25, -0.2) is 4.68 Å². The standard InChI is InChI=1S/C19H28N4O/c1-12(2)17(15-10-8-7-9-14(15)5)22(6)19(24)16-11-21-23(13(3)4)18(16)20/h7-13,17H,20H2,1-6H3/t17-/m1/s1. The Morgan fingerprint density at radius 1 is 1.21 bits per heavy atom. The van der Waals surface area contributed by atoms with Crippen molar-refractivity contribution in [3.05, 3.63) is 47.2 Å². The lowest BCUT2D eigenvalue weighted by Gasteiger charge is -2.32. The average Bonchev–Trinajstić information content (AvgIpc) is 2.90. The van der Waals surface area contributed by atoms with Gasteiger partial charge in [-0.05, 0) is 37.8 Å². The molecule has 0 unspecified atom stereocenters. The predicted octanol–water partition coefficient (Wildman–Crippen LogP) is 3.82. The zero-order valence-corrected chi connectivity index (χ0v) is 15.4. The van der Waals surface area contributed by atoms with Gasteiger partial charge >= 0.3 is 0 Å². The number of hydrogen-bond acceptors (Lipinski definition) is 3. The van der Waals surface area contributed by atoms with Gasteiger partial charge in [-0.15, -0.1) is 0 Å². The Morgan fingerprint density at radius 2 is 1.83 bits per heavy atom. The summed E-state index contributed by atoms with van der Waals surface area (Å²) in [5.41, 5.74) is 8.95. The molecular weight excluding hydrogens is 300 g/mol. The number of rotatable bonds is 5. The summed E-state index contributed by atoms with van der Waals surface area (Å²) in [4.78, 5) is 14.8. The van der Waals surface area contributed by atoms with Crippen LogP contribution in [0.25, 0.3) is 0 Å². The molecule has 0 radical (unpaired) electrons. The van der Waals surface area contributed by atoms with Crippen molar-refractivity contribution in [2.24, 2.45) is 5.92 Å². The molecule has 0 saturated heterocycles. The van der Waals surface area contributed by atoms with Gasteiger partial charge in [0.25, 0.3) is 5.91 Å². The van der Waals surface area contributed by atoms with Gasteiger partial charge in [0.05, 0.1) is 12.2 Å². The fourth-order valence-electron chi connectivity index (χ4n) is 3.20. The smallest absolute Gasteiger partial charge is 0.259 e. The van der Waals surface area contributed by atoms with Gasteiger partial charge in [0.15, 0.2) is 0 Å². The molecule has 0 saturated carbocycles. The molecule has 1 heterocycles. The van der Waals surface area contributed by atoms with Crippen LogP contribution >= 0.6 is 0 Å². The summed E-state index contributed by atoms with van der Waals surface area (Å²) < 4.78 is 1.68. The quantitative estimate of drug-likeness (QED) is 0.907. The van der Waals surface area contributed by atoms with Crippen molar-refractivity contribution in [1.29, 1.82) is 0 Å². The first-order valence-corrected chi connectivity index (χ1v) is 8.41. The molecule has 2 N–H and O–H groups in total. The molecule has 2 rings (SSSR count). The van der Waals surface area contributed by atoms with Crippen molar-refractivity contribution in [2.45, 2.75) is 46.7 Å². The summed E-state index contributed by atoms with van der Waals surface area (Å²) in [6, 6.07) is 8.30. The summed E-state index contributed by atoms with van der Waals surface area (Å²) in [5.74, 6) is 0.608. The van der Waals surface area contributed by atoms with Gasteiger partial charge in [-0.2, -0.15) is 5.10 Å². The van der Waals surface area contributed by atoms with Gasteiger partial charge in [0.2, 0.25) is 0 Å². The van der Waals surface area contributed by atoms with E-state index in [1.807, 2.05) is 33.0 Å². The fraction of sp³-hybridized carbons (Fsp3) is 0.474. The van der Waals surface area contributed by atoms with E-state index >= 15 is 0 Å². The van der Waals surface area contributed by atoms with Crippen LogP contribution in [-0.2, 0) is 0 Å². The molecule has 0 spiro atoms. The highest BCUT2D eigenvalue weighted by Crippen LogP contribution is 2.31. The summed E-state index contributed by atoms with van der Waals surface area (Å²) in [5, 5.41) is 4.26. The number of carbonyl (C=O) groups is 1. The molecule has 0 aliphatic heterocycles. The molecule has 5 heteroatoms. The summed E-state index contributed by atoms with van der Waals surface area (Å²) in [7, 11) is 1.84. The van der Waals surface area contributed by atoms with Crippen LogP contribution < -0.4 is 5.73 Å². The normalized spacial score (nSPS) is 12.7. The third-order valence-electron chi connectivity index (χ3n) is 4.43. The Labute approximate surface area is 144 Å². The van der Waals surface area contributed by atoms with Gasteiger partial charge < -0.3 is 10.6 Å². The number of nitrogens with two attached hydrogens (primary N) is 1. The molecule has 0 aliphatic rings. The molecule has 5 nitrogen and oxygen atoms in total. The number of hydrogen-bond donors (Lipinski definition) is 1. The Morgan fingerprint density at radius 3 is 2.33 bits per heavy atom. The van der Waals surface area contributed by atoms with Crippen molar-refractivity contribution in [3.63, 3.8) is 0 Å². The zero-order valence-electron chi connectivity index (χ0n) is 15.4. The SMILES string of the molecule is Cc1ccccc1[C@@H](C(C)C)N(C)C(=O)c1cnn(C(C)C)c1N. The topological polar surface area (TPSA) is 64.2 Å². The van der Waals surface area contributed by atoms with Crippen LogP contribution in [0.2, 0.25) is 0 Å². The number of aryl methyl sites for hydroxylation is 1. The third-order valence-corrected chi connectivity index (χ3v) is 4.43. The van der Waals surface area contributed by atoms with E-state index < -0.39 is 0 Å². The first-order valence-electron chi connectivity index (χ1n) is 8.41. The number of carbonyl (C=O) groups excluding carboxylic acids is 1. The van der Waals surface area contributed by atoms with Crippen LogP contribution in [0.5, 0.6) is 0 Å². The second kappa shape index (κ2) is 7.07. The maximum atomic E-state index is 13.0. The molecule has 0 bridgehead atoms. The highest BCUT2D eigenvalue weighted by molar-refractivity contribution is 5.98. The van der Waals surface area contributed by atoms with E-state index in [0.29, 0.717) is 11.4 Å². The van der Waals surface area contributed by atoms with Crippen molar-refractivity contribution < 1.29 is 4.79 Å². The van der Waals surface area contributed by atoms with E-state index in [1.54, 1.807) is 15.8 Å². The number of aromatic nitrogens is 2. The van der Waals surface area contributed by atoms with Crippen LogP contribution in [0.1, 0.15) is 61.3 Å². The van der Waals surface area contributed by atoms with E-state index in [4.69, 9.17) is 5.73 Å². The molecule has 130 valence electrons. The van der Waals surface area contributed by atoms with Gasteiger partial charge in [-0.3, -0.25) is 4.79 Å². The molecule has 2 aromatic rings. The minimum Gasteiger partial charge on any atom is -0.383 e. The molecule has 1 atom stereocenters. The summed E-state index contributed by atoms with van der Waals surface area (Å²) in [6.45, 7) is 10.3. The number of anilines is 1. The number of nitrogens with zero attached hydrogens (tertiary/aromatic N) is 3. The van der Waals surface area contributed by atoms with Crippen LogP contribution in [0.15, 0.2) is 30.5 Å². The lowest BCUT2D eigenvalue weighted by Crippen LogP contribution is -2.34. The summed E-state index contributed by atoms with van der Waals surface area (Å²) >= 11 is 0. The second-order valence-corrected chi connectivity index (χ2v) is 6.94. The summed E-state index contributed by atoms with van der Waals surface area (Å²) in [6.07, 6.45) is 1.57. The molecule has 0 fully saturated rings. The third kappa shape index (κ3) is 3.30. The van der Waals surface area contributed by atoms with Gasteiger partial charge in [0, 0.05) is 13.1 Å². The molecule has 1 aromatic heterocycles. The van der Waals surface area contributed by atoms with Crippen LogP contribution in [-0.4, -0.2) is 27.6 Å². The monoisotopic (exact) mass is 328 g/mol. The van der Waals surface area contributed by atoms with Crippen molar-refractivity contribution in [1.82, 2.24) is 14.7 Å². The molecular formula is C19H28N4O. The maximum absolute atomic E-state index is 13.0.